The van der Waals surface area contributed by atoms with Gasteiger partial charge in [0.15, 0.2) is 40.4 Å². The van der Waals surface area contributed by atoms with Crippen molar-refractivity contribution in [3.63, 3.8) is 0 Å². The molecule has 6 aromatic carbocycles. The van der Waals surface area contributed by atoms with Crippen molar-refractivity contribution in [2.45, 2.75) is 41.5 Å². The molecule has 0 bridgehead atoms. The van der Waals surface area contributed by atoms with Gasteiger partial charge in [0.05, 0.1) is 33.5 Å². The lowest BCUT2D eigenvalue weighted by Crippen LogP contribution is -1.99. The van der Waals surface area contributed by atoms with Crippen LogP contribution in [-0.2, 0) is 0 Å². The van der Waals surface area contributed by atoms with E-state index in [1.165, 1.54) is 33.3 Å². The van der Waals surface area contributed by atoms with E-state index in [9.17, 15) is 24.0 Å². The smallest absolute Gasteiger partial charge is 0.160 e. The first-order valence-corrected chi connectivity index (χ1v) is 18.7. The maximum Gasteiger partial charge on any atom is 0.160 e. The maximum absolute atomic E-state index is 11.5. The van der Waals surface area contributed by atoms with Gasteiger partial charge < -0.3 is 18.9 Å². The Labute approximate surface area is 351 Å². The van der Waals surface area contributed by atoms with E-state index in [2.05, 4.69) is 0 Å². The number of halogens is 1. The van der Waals surface area contributed by atoms with E-state index in [0.29, 0.717) is 33.0 Å². The highest BCUT2D eigenvalue weighted by molar-refractivity contribution is 6.32. The summed E-state index contributed by atoms with van der Waals surface area (Å²) in [6.07, 6.45) is 0. The second-order valence-electron chi connectivity index (χ2n) is 12.8. The summed E-state index contributed by atoms with van der Waals surface area (Å²) in [5, 5.41) is 2.26. The molecule has 0 N–H and O–H groups in total. The Morgan fingerprint density at radius 2 is 0.763 bits per heavy atom. The van der Waals surface area contributed by atoms with Crippen LogP contribution in [0.4, 0.5) is 0 Å². The first kappa shape index (κ1) is 48.6. The highest BCUT2D eigenvalue weighted by Crippen LogP contribution is 2.28. The van der Waals surface area contributed by atoms with Gasteiger partial charge in [-0.2, -0.15) is 0 Å². The summed E-state index contributed by atoms with van der Waals surface area (Å²) in [7, 11) is 6.42. The Morgan fingerprint density at radius 3 is 1.07 bits per heavy atom. The van der Waals surface area contributed by atoms with Crippen LogP contribution in [-0.4, -0.2) is 57.4 Å². The second kappa shape index (κ2) is 24.9. The van der Waals surface area contributed by atoms with Gasteiger partial charge in [-0.15, -0.1) is 0 Å². The number of rotatable bonds is 9. The number of ketones is 5. The number of para-hydroxylation sites is 2. The molecule has 0 saturated carbocycles. The summed E-state index contributed by atoms with van der Waals surface area (Å²) < 4.78 is 19.9. The fraction of sp³-hybridized carbons (Fsp3) is 0.204. The molecule has 0 aliphatic rings. The fourth-order valence-corrected chi connectivity index (χ4v) is 5.45. The summed E-state index contributed by atoms with van der Waals surface area (Å²) in [5.41, 5.74) is 4.58. The Morgan fingerprint density at radius 1 is 0.407 bits per heavy atom. The van der Waals surface area contributed by atoms with Crippen LogP contribution in [0.2, 0.25) is 5.02 Å². The number of benzene rings is 6. The number of carbonyl (C=O) groups excluding carboxylic acids is 5. The van der Waals surface area contributed by atoms with Crippen molar-refractivity contribution in [2.75, 3.05) is 28.4 Å². The second-order valence-corrected chi connectivity index (χ2v) is 13.2. The lowest BCUT2D eigenvalue weighted by molar-refractivity contribution is 0.100. The molecular formula is C49H51ClO9. The molecule has 6 rings (SSSR count). The lowest BCUT2D eigenvalue weighted by Gasteiger charge is -2.06. The highest BCUT2D eigenvalue weighted by atomic mass is 35.5. The number of hydrogen-bond acceptors (Lipinski definition) is 9. The van der Waals surface area contributed by atoms with Crippen molar-refractivity contribution in [3.8, 4) is 23.0 Å². The Balaban J connectivity index is 0.000000258. The molecule has 0 spiro atoms. The van der Waals surface area contributed by atoms with Crippen molar-refractivity contribution >= 4 is 51.3 Å². The van der Waals surface area contributed by atoms with Gasteiger partial charge >= 0.3 is 0 Å². The van der Waals surface area contributed by atoms with E-state index in [4.69, 9.17) is 30.5 Å². The topological polar surface area (TPSA) is 122 Å². The molecule has 10 heteroatoms. The van der Waals surface area contributed by atoms with E-state index in [0.717, 1.165) is 33.6 Å². The number of aryl methyl sites for hydroxylation is 1. The van der Waals surface area contributed by atoms with E-state index < -0.39 is 0 Å². The molecule has 0 saturated heterocycles. The van der Waals surface area contributed by atoms with Crippen LogP contribution in [0, 0.1) is 6.92 Å². The molecule has 0 radical (unpaired) electrons. The third kappa shape index (κ3) is 15.7. The van der Waals surface area contributed by atoms with Crippen molar-refractivity contribution in [1.29, 1.82) is 0 Å². The number of carbonyl (C=O) groups is 5. The number of Topliss-reactive ketones (excluding diaryl/α,β-unsaturated/α-hetero) is 5. The summed E-state index contributed by atoms with van der Waals surface area (Å²) in [4.78, 5) is 55.4. The van der Waals surface area contributed by atoms with Crippen molar-refractivity contribution < 1.29 is 42.9 Å². The normalized spacial score (nSPS) is 9.61. The molecule has 0 aliphatic carbocycles. The van der Waals surface area contributed by atoms with Crippen LogP contribution in [0.5, 0.6) is 23.0 Å². The molecule has 0 aliphatic heterocycles. The zero-order chi connectivity index (χ0) is 44.1. The van der Waals surface area contributed by atoms with Gasteiger partial charge in [-0.05, 0) is 76.6 Å². The predicted molar refractivity (Wildman–Crippen MR) is 236 cm³/mol. The monoisotopic (exact) mass is 818 g/mol. The van der Waals surface area contributed by atoms with Crippen LogP contribution in [0.3, 0.4) is 0 Å². The fourth-order valence-electron chi connectivity index (χ4n) is 5.20. The molecule has 0 unspecified atom stereocenters. The molecule has 0 amide bonds. The number of methoxy groups -OCH3 is 4. The van der Waals surface area contributed by atoms with Crippen LogP contribution < -0.4 is 18.9 Å². The number of fused-ring (bicyclic) bond motifs is 1. The van der Waals surface area contributed by atoms with Crippen LogP contribution in [0.1, 0.15) is 92.0 Å². The van der Waals surface area contributed by atoms with Gasteiger partial charge in [-0.25, -0.2) is 0 Å². The molecule has 0 heterocycles. The quantitative estimate of drug-likeness (QED) is 0.131. The first-order valence-electron chi connectivity index (χ1n) is 18.4. The third-order valence-electron chi connectivity index (χ3n) is 8.49. The van der Waals surface area contributed by atoms with Crippen LogP contribution >= 0.6 is 11.6 Å². The molecule has 308 valence electrons. The van der Waals surface area contributed by atoms with Gasteiger partial charge in [-0.1, -0.05) is 114 Å². The minimum atomic E-state index is 0.0186. The average Bonchev–Trinajstić information content (AvgIpc) is 3.24. The molecule has 9 nitrogen and oxygen atoms in total. The summed E-state index contributed by atoms with van der Waals surface area (Å²) in [6.45, 7) is 9.66. The Hall–Kier alpha value is -6.58. The van der Waals surface area contributed by atoms with Crippen molar-refractivity contribution in [1.82, 2.24) is 0 Å². The molecule has 6 aromatic rings. The standard InChI is InChI=1S/C14H12O2.C10H10O2.C9H10O.C8H9ClO2.C8H10O2/c1-9(15)11-7-8-12(10(2)16)14-6-4-3-5-13(11)14;1-7(11)9-3-5-10(6-4-9)8(2)12;1-7-3-5-9(6-4-7)8(2)10;1-10-6-3-4-8(11-2)7(9)5-6;1-9-7-5-3-4-6-8(7)10-2/h3-8H,1-2H3;3-6H,1-2H3;3-6H,1-2H3;3-5H,1-2H3;3-6H,1-2H3. The van der Waals surface area contributed by atoms with Gasteiger partial charge in [0, 0.05) is 33.9 Å². The molecule has 0 atom stereocenters. The van der Waals surface area contributed by atoms with Gasteiger partial charge in [0.1, 0.15) is 11.5 Å². The van der Waals surface area contributed by atoms with Gasteiger partial charge in [0.25, 0.3) is 0 Å². The van der Waals surface area contributed by atoms with Crippen LogP contribution in [0.15, 0.2) is 127 Å². The minimum Gasteiger partial charge on any atom is -0.497 e. The highest BCUT2D eigenvalue weighted by Gasteiger charge is 2.11. The first-order chi connectivity index (χ1) is 28.1. The zero-order valence-electron chi connectivity index (χ0n) is 35.2. The minimum absolute atomic E-state index is 0.0186. The summed E-state index contributed by atoms with van der Waals surface area (Å²) in [6, 6.07) is 38.0. The molecule has 0 aromatic heterocycles. The van der Waals surface area contributed by atoms with Crippen molar-refractivity contribution in [3.05, 3.63) is 166 Å². The van der Waals surface area contributed by atoms with Gasteiger partial charge in [0.2, 0.25) is 0 Å². The Kier molecular flexibility index (Phi) is 20.5. The third-order valence-corrected chi connectivity index (χ3v) is 8.78. The summed E-state index contributed by atoms with van der Waals surface area (Å²) in [5.74, 6) is 3.13. The molecule has 59 heavy (non-hydrogen) atoms. The molecule has 0 fully saturated rings. The maximum atomic E-state index is 11.5. The van der Waals surface area contributed by atoms with E-state index in [1.54, 1.807) is 90.0 Å². The zero-order valence-corrected chi connectivity index (χ0v) is 35.9. The molecular weight excluding hydrogens is 768 g/mol. The predicted octanol–water partition coefficient (Wildman–Crippen LogP) is 11.6. The van der Waals surface area contributed by atoms with Gasteiger partial charge in [-0.3, -0.25) is 24.0 Å². The summed E-state index contributed by atoms with van der Waals surface area (Å²) >= 11 is 5.80. The van der Waals surface area contributed by atoms with Crippen LogP contribution in [0.25, 0.3) is 10.8 Å². The SMILES string of the molecule is CC(=O)c1ccc(C(C)=O)c2ccccc12.CC(=O)c1ccc(C(C)=O)cc1.CC(=O)c1ccc(C)cc1.COc1ccc(OC)c(Cl)c1.COc1ccccc1OC. The lowest BCUT2D eigenvalue weighted by atomic mass is 9.96. The van der Waals surface area contributed by atoms with Crippen molar-refractivity contribution in [2.24, 2.45) is 0 Å². The Bertz CT molecular complexity index is 2220. The number of hydrogen-bond donors (Lipinski definition) is 0. The largest absolute Gasteiger partial charge is 0.497 e. The average molecular weight is 819 g/mol. The van der Waals surface area contributed by atoms with E-state index >= 15 is 0 Å². The number of ether oxygens (including phenoxy) is 4. The van der Waals surface area contributed by atoms with E-state index in [-0.39, 0.29) is 28.9 Å². The van der Waals surface area contributed by atoms with E-state index in [1.807, 2.05) is 79.7 Å².